The average molecular weight is 588 g/mol. The van der Waals surface area contributed by atoms with Gasteiger partial charge < -0.3 is 20.4 Å². The molecule has 8 bridgehead atoms. The Morgan fingerprint density at radius 2 is 0.674 bits per heavy atom. The van der Waals surface area contributed by atoms with Crippen molar-refractivity contribution in [3.05, 3.63) is 128 Å². The number of fused-ring (bicyclic) bond motifs is 8. The van der Waals surface area contributed by atoms with Crippen LogP contribution in [0.1, 0.15) is 44.5 Å². The first-order valence-electron chi connectivity index (χ1n) is 12.5. The molecule has 15 heteroatoms. The molecule has 0 aliphatic heterocycles. The number of hydrogen-bond donors (Lipinski definition) is 4. The fraction of sp³-hybridized carbons (Fsp3) is 0.143. The summed E-state index contributed by atoms with van der Waals surface area (Å²) in [5.74, 6) is -1.79. The summed E-state index contributed by atoms with van der Waals surface area (Å²) in [6.45, 7) is 0. The summed E-state index contributed by atoms with van der Waals surface area (Å²) in [7, 11) is 0. The first-order valence-corrected chi connectivity index (χ1v) is 12.5. The fourth-order valence-electron chi connectivity index (χ4n) is 5.23. The van der Waals surface area contributed by atoms with E-state index in [0.29, 0.717) is 0 Å². The van der Waals surface area contributed by atoms with Crippen LogP contribution in [0.25, 0.3) is 0 Å². The number of non-ortho nitro benzene ring substituents is 3. The standard InChI is InChI=1S/C28H20N4O11/c33-25-13-1-15-7-22(30(38)39)9-17(26(15)34)3-19-11-24(32(42)43)12-20(28(19)36)4-18-10-23(31(40)41)8-16(27(18)35)2-14(25)6-21(5-13)29-37/h5-12,33-36H,1-4H2. The highest BCUT2D eigenvalue weighted by Crippen LogP contribution is 2.41. The summed E-state index contributed by atoms with van der Waals surface area (Å²) in [4.78, 5) is 44.6. The van der Waals surface area contributed by atoms with Crippen LogP contribution in [0.3, 0.4) is 0 Å². The summed E-state index contributed by atoms with van der Waals surface area (Å²) in [5, 5.41) is 82.7. The fourth-order valence-corrected chi connectivity index (χ4v) is 5.23. The van der Waals surface area contributed by atoms with E-state index in [0.717, 1.165) is 36.4 Å². The third kappa shape index (κ3) is 5.33. The third-order valence-corrected chi connectivity index (χ3v) is 7.27. The van der Waals surface area contributed by atoms with E-state index < -0.39 is 67.7 Å². The van der Waals surface area contributed by atoms with E-state index in [4.69, 9.17) is 0 Å². The molecule has 5 rings (SSSR count). The number of nitro benzene ring substituents is 3. The number of aromatic hydroxyl groups is 4. The van der Waals surface area contributed by atoms with E-state index in [1.807, 2.05) is 0 Å². The minimum atomic E-state index is -0.740. The first-order chi connectivity index (χ1) is 20.4. The smallest absolute Gasteiger partial charge is 0.270 e. The van der Waals surface area contributed by atoms with E-state index in [-0.39, 0.29) is 63.0 Å². The number of hydrogen-bond acceptors (Lipinski definition) is 12. The Balaban J connectivity index is 1.85. The van der Waals surface area contributed by atoms with Gasteiger partial charge in [-0.05, 0) is 17.3 Å². The second-order valence-corrected chi connectivity index (χ2v) is 10.0. The van der Waals surface area contributed by atoms with Gasteiger partial charge in [-0.3, -0.25) is 30.3 Å². The Labute approximate surface area is 240 Å². The molecule has 4 aromatic rings. The van der Waals surface area contributed by atoms with Crippen molar-refractivity contribution in [3.8, 4) is 23.0 Å². The summed E-state index contributed by atoms with van der Waals surface area (Å²) in [5.41, 5.74) is -1.96. The number of nitro groups is 3. The quantitative estimate of drug-likeness (QED) is 0.119. The van der Waals surface area contributed by atoms with E-state index in [1.165, 1.54) is 12.1 Å². The zero-order chi connectivity index (χ0) is 31.2. The molecule has 4 aromatic carbocycles. The Morgan fingerprint density at radius 1 is 0.465 bits per heavy atom. The number of nitroso groups, excluding NO2 is 1. The van der Waals surface area contributed by atoms with Crippen molar-refractivity contribution in [1.82, 2.24) is 0 Å². The van der Waals surface area contributed by atoms with Crippen LogP contribution in [0.5, 0.6) is 23.0 Å². The Morgan fingerprint density at radius 3 is 0.860 bits per heavy atom. The van der Waals surface area contributed by atoms with Crippen LogP contribution in [-0.2, 0) is 25.7 Å². The second kappa shape index (κ2) is 10.7. The molecule has 0 unspecified atom stereocenters. The van der Waals surface area contributed by atoms with Crippen molar-refractivity contribution in [3.63, 3.8) is 0 Å². The van der Waals surface area contributed by atoms with Crippen LogP contribution < -0.4 is 0 Å². The van der Waals surface area contributed by atoms with Crippen molar-refractivity contribution in [2.45, 2.75) is 25.7 Å². The molecule has 0 radical (unpaired) electrons. The molecule has 1 aliphatic carbocycles. The molecule has 15 nitrogen and oxygen atoms in total. The van der Waals surface area contributed by atoms with Crippen molar-refractivity contribution < 1.29 is 35.2 Å². The molecular weight excluding hydrogens is 568 g/mol. The van der Waals surface area contributed by atoms with Crippen molar-refractivity contribution in [1.29, 1.82) is 0 Å². The van der Waals surface area contributed by atoms with Crippen LogP contribution in [0.15, 0.2) is 53.7 Å². The number of benzene rings is 4. The number of nitrogens with zero attached hydrogens (tertiary/aromatic N) is 4. The monoisotopic (exact) mass is 588 g/mol. The van der Waals surface area contributed by atoms with E-state index in [1.54, 1.807) is 0 Å². The number of phenols is 4. The van der Waals surface area contributed by atoms with Gasteiger partial charge in [-0.1, -0.05) is 0 Å². The van der Waals surface area contributed by atoms with Gasteiger partial charge in [0.15, 0.2) is 0 Å². The Bertz CT molecular complexity index is 1770. The van der Waals surface area contributed by atoms with Gasteiger partial charge in [-0.15, -0.1) is 4.91 Å². The second-order valence-electron chi connectivity index (χ2n) is 10.0. The first kappa shape index (κ1) is 28.4. The van der Waals surface area contributed by atoms with Gasteiger partial charge in [0.05, 0.1) is 14.8 Å². The molecule has 0 saturated carbocycles. The molecule has 0 amide bonds. The minimum absolute atomic E-state index is 0.0200. The molecule has 0 fully saturated rings. The van der Waals surface area contributed by atoms with Crippen molar-refractivity contribution in [2.75, 3.05) is 0 Å². The average Bonchev–Trinajstić information content (AvgIpc) is 2.95. The van der Waals surface area contributed by atoms with Gasteiger partial charge in [0.1, 0.15) is 28.7 Å². The van der Waals surface area contributed by atoms with Crippen molar-refractivity contribution in [2.24, 2.45) is 5.18 Å². The summed E-state index contributed by atoms with van der Waals surface area (Å²) < 4.78 is 0. The molecular formula is C28H20N4O11. The zero-order valence-corrected chi connectivity index (χ0v) is 21.9. The molecule has 4 N–H and O–H groups in total. The Hall–Kier alpha value is -6.12. The summed E-state index contributed by atoms with van der Waals surface area (Å²) >= 11 is 0. The molecule has 0 spiro atoms. The van der Waals surface area contributed by atoms with E-state index >= 15 is 0 Å². The van der Waals surface area contributed by atoms with E-state index in [2.05, 4.69) is 5.18 Å². The lowest BCUT2D eigenvalue weighted by atomic mass is 9.90. The maximum atomic E-state index is 11.8. The lowest BCUT2D eigenvalue weighted by Gasteiger charge is -2.17. The van der Waals surface area contributed by atoms with Gasteiger partial charge in [0.25, 0.3) is 17.1 Å². The maximum Gasteiger partial charge on any atom is 0.270 e. The molecule has 0 heterocycles. The Kier molecular flexibility index (Phi) is 7.07. The highest BCUT2D eigenvalue weighted by Gasteiger charge is 2.25. The van der Waals surface area contributed by atoms with Gasteiger partial charge in [0, 0.05) is 107 Å². The number of rotatable bonds is 4. The largest absolute Gasteiger partial charge is 0.507 e. The highest BCUT2D eigenvalue weighted by molar-refractivity contribution is 5.62. The third-order valence-electron chi connectivity index (χ3n) is 7.27. The van der Waals surface area contributed by atoms with Crippen LogP contribution in [0, 0.1) is 35.3 Å². The molecule has 218 valence electrons. The van der Waals surface area contributed by atoms with Crippen LogP contribution >= 0.6 is 0 Å². The molecule has 43 heavy (non-hydrogen) atoms. The zero-order valence-electron chi connectivity index (χ0n) is 21.9. The molecule has 1 aliphatic rings. The predicted octanol–water partition coefficient (Wildman–Crippen LogP) is 5.31. The predicted molar refractivity (Wildman–Crippen MR) is 149 cm³/mol. The topological polar surface area (TPSA) is 240 Å². The lowest BCUT2D eigenvalue weighted by Crippen LogP contribution is -2.03. The molecule has 0 saturated heterocycles. The van der Waals surface area contributed by atoms with Crippen LogP contribution in [0.4, 0.5) is 22.7 Å². The molecule has 0 aromatic heterocycles. The van der Waals surface area contributed by atoms with Crippen LogP contribution in [0.2, 0.25) is 0 Å². The van der Waals surface area contributed by atoms with Crippen molar-refractivity contribution >= 4 is 22.7 Å². The van der Waals surface area contributed by atoms with Gasteiger partial charge in [-0.2, -0.15) is 0 Å². The maximum absolute atomic E-state index is 11.8. The SMILES string of the molecule is O=Nc1cc2c(O)c(c1)Cc1cc([N+](=O)[O-])cc(c1O)Cc1cc([N+](=O)[O-])cc(c1O)Cc1cc([N+](=O)[O-])cc(c1O)C2. The minimum Gasteiger partial charge on any atom is -0.507 e. The van der Waals surface area contributed by atoms with Gasteiger partial charge >= 0.3 is 0 Å². The highest BCUT2D eigenvalue weighted by atomic mass is 16.6. The lowest BCUT2D eigenvalue weighted by molar-refractivity contribution is -0.385. The summed E-state index contributed by atoms with van der Waals surface area (Å²) in [6.07, 6.45) is -1.52. The summed E-state index contributed by atoms with van der Waals surface area (Å²) in [6, 6.07) is 8.62. The van der Waals surface area contributed by atoms with E-state index in [9.17, 15) is 55.7 Å². The van der Waals surface area contributed by atoms with Gasteiger partial charge in [0.2, 0.25) is 0 Å². The van der Waals surface area contributed by atoms with Crippen LogP contribution in [-0.4, -0.2) is 35.2 Å². The normalized spacial score (nSPS) is 12.4. The number of phenolic OH excluding ortho intramolecular Hbond substituents is 4. The molecule has 0 atom stereocenters. The van der Waals surface area contributed by atoms with Gasteiger partial charge in [-0.25, -0.2) is 0 Å².